The fraction of sp³-hybridized carbons (Fsp3) is 0.846. The number of hydrogen-bond acceptors (Lipinski definition) is 3. The minimum Gasteiger partial charge on any atom is -0.368 e. The van der Waals surface area contributed by atoms with Crippen molar-refractivity contribution in [3.05, 3.63) is 0 Å². The quantitative estimate of drug-likeness (QED) is 0.709. The van der Waals surface area contributed by atoms with Crippen LogP contribution in [0, 0.1) is 0 Å². The smallest absolute Gasteiger partial charge is 0.251 e. The largest absolute Gasteiger partial charge is 0.368 e. The molecule has 6 heteroatoms. The number of rotatable bonds is 2. The lowest BCUT2D eigenvalue weighted by Gasteiger charge is -2.37. The van der Waals surface area contributed by atoms with E-state index in [1.165, 1.54) is 0 Å². The second-order valence-electron chi connectivity index (χ2n) is 5.59. The van der Waals surface area contributed by atoms with Gasteiger partial charge >= 0.3 is 0 Å². The highest BCUT2D eigenvalue weighted by molar-refractivity contribution is 9.10. The molecule has 2 fully saturated rings. The average molecular weight is 333 g/mol. The first-order valence-corrected chi connectivity index (χ1v) is 7.57. The van der Waals surface area contributed by atoms with Gasteiger partial charge in [0.25, 0.3) is 5.91 Å². The number of alkyl halides is 1. The molecule has 2 saturated heterocycles. The van der Waals surface area contributed by atoms with Crippen molar-refractivity contribution in [3.8, 4) is 0 Å². The predicted octanol–water partition coefficient (Wildman–Crippen LogP) is 1.01. The third-order valence-electron chi connectivity index (χ3n) is 3.59. The predicted molar refractivity (Wildman–Crippen MR) is 75.1 cm³/mol. The van der Waals surface area contributed by atoms with Crippen LogP contribution >= 0.6 is 15.9 Å². The second kappa shape index (κ2) is 5.79. The summed E-state index contributed by atoms with van der Waals surface area (Å²) in [7, 11) is 0. The van der Waals surface area contributed by atoms with Crippen molar-refractivity contribution in [1.29, 1.82) is 0 Å². The molecule has 5 nitrogen and oxygen atoms in total. The van der Waals surface area contributed by atoms with Crippen LogP contribution in [-0.4, -0.2) is 64.8 Å². The third-order valence-corrected chi connectivity index (χ3v) is 3.93. The van der Waals surface area contributed by atoms with Gasteiger partial charge in [-0.25, -0.2) is 0 Å². The minimum absolute atomic E-state index is 0.0803. The molecule has 1 atom stereocenters. The zero-order valence-electron chi connectivity index (χ0n) is 11.5. The van der Waals surface area contributed by atoms with E-state index >= 15 is 0 Å². The molecule has 2 aliphatic heterocycles. The van der Waals surface area contributed by atoms with Crippen molar-refractivity contribution in [2.24, 2.45) is 0 Å². The van der Waals surface area contributed by atoms with Crippen LogP contribution in [0.25, 0.3) is 0 Å². The van der Waals surface area contributed by atoms with Crippen molar-refractivity contribution in [1.82, 2.24) is 9.80 Å². The SMILES string of the molecule is CC(C)(Br)C(=O)N1CCN(C(=O)C2CCCO2)CC1. The van der Waals surface area contributed by atoms with Gasteiger partial charge < -0.3 is 14.5 Å². The number of carbonyl (C=O) groups is 2. The Morgan fingerprint density at radius 2 is 1.74 bits per heavy atom. The summed E-state index contributed by atoms with van der Waals surface area (Å²) in [5.41, 5.74) is 0. The highest BCUT2D eigenvalue weighted by atomic mass is 79.9. The molecule has 2 aliphatic rings. The van der Waals surface area contributed by atoms with Gasteiger partial charge in [0, 0.05) is 32.8 Å². The zero-order valence-corrected chi connectivity index (χ0v) is 13.1. The maximum absolute atomic E-state index is 12.2. The monoisotopic (exact) mass is 332 g/mol. The highest BCUT2D eigenvalue weighted by Gasteiger charge is 2.34. The van der Waals surface area contributed by atoms with E-state index in [-0.39, 0.29) is 17.9 Å². The summed E-state index contributed by atoms with van der Waals surface area (Å²) in [4.78, 5) is 27.9. The van der Waals surface area contributed by atoms with E-state index in [0.717, 1.165) is 12.8 Å². The fourth-order valence-corrected chi connectivity index (χ4v) is 2.73. The van der Waals surface area contributed by atoms with Crippen LogP contribution in [0.1, 0.15) is 26.7 Å². The van der Waals surface area contributed by atoms with E-state index in [2.05, 4.69) is 15.9 Å². The number of piperazine rings is 1. The maximum atomic E-state index is 12.2. The summed E-state index contributed by atoms with van der Waals surface area (Å²) in [6, 6.07) is 0. The van der Waals surface area contributed by atoms with E-state index in [9.17, 15) is 9.59 Å². The molecule has 2 heterocycles. The van der Waals surface area contributed by atoms with Gasteiger partial charge in [-0.1, -0.05) is 15.9 Å². The van der Waals surface area contributed by atoms with Gasteiger partial charge in [0.2, 0.25) is 5.91 Å². The number of halogens is 1. The molecule has 2 amide bonds. The van der Waals surface area contributed by atoms with E-state index < -0.39 is 4.32 Å². The van der Waals surface area contributed by atoms with Gasteiger partial charge in [-0.2, -0.15) is 0 Å². The summed E-state index contributed by atoms with van der Waals surface area (Å²) in [5, 5.41) is 0. The molecule has 0 aromatic heterocycles. The summed E-state index contributed by atoms with van der Waals surface area (Å²) in [5.74, 6) is 0.166. The van der Waals surface area contributed by atoms with Crippen molar-refractivity contribution in [2.75, 3.05) is 32.8 Å². The summed E-state index contributed by atoms with van der Waals surface area (Å²) < 4.78 is 4.88. The number of carbonyl (C=O) groups excluding carboxylic acids is 2. The third kappa shape index (κ3) is 3.48. The minimum atomic E-state index is -0.534. The Balaban J connectivity index is 1.85. The summed E-state index contributed by atoms with van der Waals surface area (Å²) in [6.45, 7) is 6.80. The molecule has 0 saturated carbocycles. The molecule has 0 N–H and O–H groups in total. The molecule has 0 aromatic carbocycles. The summed E-state index contributed by atoms with van der Waals surface area (Å²) in [6.07, 6.45) is 1.54. The van der Waals surface area contributed by atoms with E-state index in [4.69, 9.17) is 4.74 Å². The first kappa shape index (κ1) is 14.8. The summed E-state index contributed by atoms with van der Waals surface area (Å²) >= 11 is 3.39. The van der Waals surface area contributed by atoms with Crippen LogP contribution in [0.3, 0.4) is 0 Å². The lowest BCUT2D eigenvalue weighted by atomic mass is 10.1. The normalized spacial score (nSPS) is 24.7. The lowest BCUT2D eigenvalue weighted by Crippen LogP contribution is -2.55. The highest BCUT2D eigenvalue weighted by Crippen LogP contribution is 2.21. The molecule has 0 spiro atoms. The van der Waals surface area contributed by atoms with Gasteiger partial charge in [-0.3, -0.25) is 9.59 Å². The lowest BCUT2D eigenvalue weighted by molar-refractivity contribution is -0.146. The molecule has 2 rings (SSSR count). The first-order valence-electron chi connectivity index (χ1n) is 6.78. The van der Waals surface area contributed by atoms with Crippen LogP contribution in [0.4, 0.5) is 0 Å². The Labute approximate surface area is 122 Å². The van der Waals surface area contributed by atoms with Crippen LogP contribution < -0.4 is 0 Å². The maximum Gasteiger partial charge on any atom is 0.251 e. The molecule has 0 radical (unpaired) electrons. The Morgan fingerprint density at radius 1 is 1.16 bits per heavy atom. The second-order valence-corrected chi connectivity index (χ2v) is 7.57. The Morgan fingerprint density at radius 3 is 2.21 bits per heavy atom. The first-order chi connectivity index (χ1) is 8.89. The van der Waals surface area contributed by atoms with Gasteiger partial charge in [-0.05, 0) is 26.7 Å². The topological polar surface area (TPSA) is 49.9 Å². The Kier molecular flexibility index (Phi) is 4.50. The van der Waals surface area contributed by atoms with Crippen molar-refractivity contribution in [3.63, 3.8) is 0 Å². The molecule has 108 valence electrons. The molecule has 1 unspecified atom stereocenters. The standard InChI is InChI=1S/C13H21BrN2O3/c1-13(2,14)12(18)16-7-5-15(6-8-16)11(17)10-4-3-9-19-10/h10H,3-9H2,1-2H3. The number of nitrogens with zero attached hydrogens (tertiary/aromatic N) is 2. The van der Waals surface area contributed by atoms with Crippen molar-refractivity contribution in [2.45, 2.75) is 37.1 Å². The average Bonchev–Trinajstić information content (AvgIpc) is 2.90. The van der Waals surface area contributed by atoms with E-state index in [1.807, 2.05) is 23.6 Å². The van der Waals surface area contributed by atoms with Gasteiger partial charge in [-0.15, -0.1) is 0 Å². The van der Waals surface area contributed by atoms with Crippen LogP contribution in [0.5, 0.6) is 0 Å². The molecule has 0 bridgehead atoms. The van der Waals surface area contributed by atoms with Crippen molar-refractivity contribution < 1.29 is 14.3 Å². The van der Waals surface area contributed by atoms with Crippen LogP contribution in [0.15, 0.2) is 0 Å². The van der Waals surface area contributed by atoms with E-state index in [1.54, 1.807) is 0 Å². The zero-order chi connectivity index (χ0) is 14.0. The molecule has 19 heavy (non-hydrogen) atoms. The van der Waals surface area contributed by atoms with E-state index in [0.29, 0.717) is 32.8 Å². The van der Waals surface area contributed by atoms with Gasteiger partial charge in [0.05, 0.1) is 4.32 Å². The van der Waals surface area contributed by atoms with Crippen LogP contribution in [-0.2, 0) is 14.3 Å². The molecular weight excluding hydrogens is 312 g/mol. The fourth-order valence-electron chi connectivity index (χ4n) is 2.48. The van der Waals surface area contributed by atoms with Gasteiger partial charge in [0.1, 0.15) is 6.10 Å². The van der Waals surface area contributed by atoms with Gasteiger partial charge in [0.15, 0.2) is 0 Å². The van der Waals surface area contributed by atoms with Crippen LogP contribution in [0.2, 0.25) is 0 Å². The Bertz CT molecular complexity index is 353. The number of amides is 2. The molecular formula is C13H21BrN2O3. The van der Waals surface area contributed by atoms with Crippen molar-refractivity contribution >= 4 is 27.7 Å². The Hall–Kier alpha value is -0.620. The number of hydrogen-bond donors (Lipinski definition) is 0. The number of ether oxygens (including phenoxy) is 1. The molecule has 0 aliphatic carbocycles. The molecule has 0 aromatic rings.